The van der Waals surface area contributed by atoms with Crippen LogP contribution in [0.4, 0.5) is 5.69 Å². The maximum Gasteiger partial charge on any atom is 0.184 e. The lowest BCUT2D eigenvalue weighted by Crippen LogP contribution is -2.28. The summed E-state index contributed by atoms with van der Waals surface area (Å²) in [5.41, 5.74) is 5.73. The van der Waals surface area contributed by atoms with Gasteiger partial charge in [0, 0.05) is 13.1 Å². The van der Waals surface area contributed by atoms with Crippen molar-refractivity contribution in [3.05, 3.63) is 90.0 Å². The molecule has 5 heteroatoms. The summed E-state index contributed by atoms with van der Waals surface area (Å²) in [7, 11) is 0. The number of benzene rings is 3. The maximum atomic E-state index is 6.13. The summed E-state index contributed by atoms with van der Waals surface area (Å²) in [6.45, 7) is 2.28. The van der Waals surface area contributed by atoms with Crippen molar-refractivity contribution in [1.82, 2.24) is 5.43 Å². The molecule has 0 amide bonds. The van der Waals surface area contributed by atoms with Crippen LogP contribution in [0.25, 0.3) is 0 Å². The van der Waals surface area contributed by atoms with Crippen LogP contribution in [-0.4, -0.2) is 13.1 Å². The minimum Gasteiger partial charge on any atom is -0.485 e. The Labute approximate surface area is 160 Å². The average Bonchev–Trinajstić information content (AvgIpc) is 2.73. The van der Waals surface area contributed by atoms with E-state index in [9.17, 15) is 0 Å². The quantitative estimate of drug-likeness (QED) is 0.291. The molecule has 0 aromatic heterocycles. The van der Waals surface area contributed by atoms with Gasteiger partial charge >= 0.3 is 0 Å². The van der Waals surface area contributed by atoms with Crippen molar-refractivity contribution in [2.75, 3.05) is 18.4 Å². The Kier molecular flexibility index (Phi) is 7.09. The number of ether oxygens (including phenoxy) is 2. The van der Waals surface area contributed by atoms with Gasteiger partial charge in [0.25, 0.3) is 0 Å². The van der Waals surface area contributed by atoms with Gasteiger partial charge in [0.05, 0.1) is 5.69 Å². The monoisotopic (exact) mass is 363 g/mol. The predicted octanol–water partition coefficient (Wildman–Crippen LogP) is 3.72. The standard InChI is InChI=1S/C22H25N3O2/c23-25-15-14-24-20-12-7-13-21(26-16-18-8-3-1-4-9-18)22(20)27-17-19-10-5-2-6-11-19/h1-13,24-25H,14-17,23H2. The molecule has 3 rings (SSSR count). The first-order valence-corrected chi connectivity index (χ1v) is 9.00. The fourth-order valence-corrected chi connectivity index (χ4v) is 2.65. The van der Waals surface area contributed by atoms with Crippen LogP contribution >= 0.6 is 0 Å². The summed E-state index contributed by atoms with van der Waals surface area (Å²) in [4.78, 5) is 0. The van der Waals surface area contributed by atoms with E-state index in [1.807, 2.05) is 78.9 Å². The molecular weight excluding hydrogens is 338 g/mol. The number of hydrogen-bond donors (Lipinski definition) is 3. The third-order valence-corrected chi connectivity index (χ3v) is 4.03. The Balaban J connectivity index is 1.76. The molecule has 0 saturated carbocycles. The third-order valence-electron chi connectivity index (χ3n) is 4.03. The number of nitrogens with two attached hydrogens (primary N) is 1. The Bertz CT molecular complexity index is 810. The Morgan fingerprint density at radius 1 is 0.667 bits per heavy atom. The molecule has 4 N–H and O–H groups in total. The van der Waals surface area contributed by atoms with Crippen molar-refractivity contribution in [2.45, 2.75) is 13.2 Å². The van der Waals surface area contributed by atoms with Crippen molar-refractivity contribution in [1.29, 1.82) is 0 Å². The first-order valence-electron chi connectivity index (χ1n) is 9.00. The van der Waals surface area contributed by atoms with Crippen LogP contribution in [0.15, 0.2) is 78.9 Å². The topological polar surface area (TPSA) is 68.5 Å². The van der Waals surface area contributed by atoms with Crippen molar-refractivity contribution in [2.24, 2.45) is 5.84 Å². The lowest BCUT2D eigenvalue weighted by atomic mass is 10.2. The molecule has 0 aliphatic heterocycles. The van der Waals surface area contributed by atoms with Crippen LogP contribution in [0, 0.1) is 0 Å². The second kappa shape index (κ2) is 10.2. The summed E-state index contributed by atoms with van der Waals surface area (Å²) in [5.74, 6) is 6.77. The molecular formula is C22H25N3O2. The summed E-state index contributed by atoms with van der Waals surface area (Å²) in [5, 5.41) is 3.34. The zero-order chi connectivity index (χ0) is 18.7. The Morgan fingerprint density at radius 3 is 1.93 bits per heavy atom. The highest BCUT2D eigenvalue weighted by atomic mass is 16.5. The zero-order valence-corrected chi connectivity index (χ0v) is 15.2. The van der Waals surface area contributed by atoms with Crippen LogP contribution in [0.2, 0.25) is 0 Å². The van der Waals surface area contributed by atoms with Gasteiger partial charge in [0.1, 0.15) is 13.2 Å². The highest BCUT2D eigenvalue weighted by Gasteiger charge is 2.12. The average molecular weight is 363 g/mol. The fourth-order valence-electron chi connectivity index (χ4n) is 2.65. The lowest BCUT2D eigenvalue weighted by molar-refractivity contribution is 0.257. The maximum absolute atomic E-state index is 6.13. The van der Waals surface area contributed by atoms with Gasteiger partial charge in [-0.3, -0.25) is 11.3 Å². The second-order valence-corrected chi connectivity index (χ2v) is 6.06. The van der Waals surface area contributed by atoms with Gasteiger partial charge in [0.15, 0.2) is 11.5 Å². The third kappa shape index (κ3) is 5.74. The van der Waals surface area contributed by atoms with Gasteiger partial charge in [0.2, 0.25) is 0 Å². The molecule has 0 saturated heterocycles. The molecule has 3 aromatic rings. The first-order chi connectivity index (χ1) is 13.4. The molecule has 27 heavy (non-hydrogen) atoms. The molecule has 0 heterocycles. The summed E-state index contributed by atoms with van der Waals surface area (Å²) >= 11 is 0. The molecule has 0 aliphatic carbocycles. The van der Waals surface area contributed by atoms with Crippen LogP contribution in [0.5, 0.6) is 11.5 Å². The summed E-state index contributed by atoms with van der Waals surface area (Å²) in [6.07, 6.45) is 0. The Morgan fingerprint density at radius 2 is 1.30 bits per heavy atom. The van der Waals surface area contributed by atoms with Gasteiger partial charge in [-0.1, -0.05) is 66.7 Å². The van der Waals surface area contributed by atoms with E-state index in [-0.39, 0.29) is 0 Å². The highest BCUT2D eigenvalue weighted by molar-refractivity contribution is 5.63. The number of hydrazine groups is 1. The Hall–Kier alpha value is -3.02. The number of hydrogen-bond acceptors (Lipinski definition) is 5. The van der Waals surface area contributed by atoms with E-state index in [1.54, 1.807) is 0 Å². The van der Waals surface area contributed by atoms with E-state index < -0.39 is 0 Å². The SMILES string of the molecule is NNCCNc1cccc(OCc2ccccc2)c1OCc1ccccc1. The largest absolute Gasteiger partial charge is 0.485 e. The van der Waals surface area contributed by atoms with Gasteiger partial charge in [-0.25, -0.2) is 0 Å². The van der Waals surface area contributed by atoms with E-state index in [2.05, 4.69) is 10.7 Å². The fraction of sp³-hybridized carbons (Fsp3) is 0.182. The summed E-state index contributed by atoms with van der Waals surface area (Å²) < 4.78 is 12.2. The van der Waals surface area contributed by atoms with E-state index in [1.165, 1.54) is 0 Å². The molecule has 3 aromatic carbocycles. The van der Waals surface area contributed by atoms with E-state index in [0.717, 1.165) is 16.8 Å². The number of rotatable bonds is 10. The van der Waals surface area contributed by atoms with E-state index in [0.29, 0.717) is 37.8 Å². The van der Waals surface area contributed by atoms with Crippen LogP contribution < -0.4 is 26.1 Å². The van der Waals surface area contributed by atoms with Crippen LogP contribution in [0.3, 0.4) is 0 Å². The molecule has 0 aliphatic rings. The molecule has 5 nitrogen and oxygen atoms in total. The van der Waals surface area contributed by atoms with Crippen molar-refractivity contribution < 1.29 is 9.47 Å². The van der Waals surface area contributed by atoms with Crippen molar-refractivity contribution >= 4 is 5.69 Å². The molecule has 0 bridgehead atoms. The van der Waals surface area contributed by atoms with E-state index in [4.69, 9.17) is 15.3 Å². The van der Waals surface area contributed by atoms with Crippen molar-refractivity contribution in [3.8, 4) is 11.5 Å². The van der Waals surface area contributed by atoms with Gasteiger partial charge in [-0.15, -0.1) is 0 Å². The molecule has 0 unspecified atom stereocenters. The van der Waals surface area contributed by atoms with Crippen molar-refractivity contribution in [3.63, 3.8) is 0 Å². The summed E-state index contributed by atoms with van der Waals surface area (Å²) in [6, 6.07) is 26.0. The lowest BCUT2D eigenvalue weighted by Gasteiger charge is -2.17. The molecule has 0 fully saturated rings. The predicted molar refractivity (Wildman–Crippen MR) is 109 cm³/mol. The number of para-hydroxylation sites is 1. The zero-order valence-electron chi connectivity index (χ0n) is 15.2. The molecule has 0 atom stereocenters. The highest BCUT2D eigenvalue weighted by Crippen LogP contribution is 2.36. The first kappa shape index (κ1) is 18.8. The number of anilines is 1. The number of nitrogens with one attached hydrogen (secondary N) is 2. The van der Waals surface area contributed by atoms with Crippen LogP contribution in [-0.2, 0) is 13.2 Å². The van der Waals surface area contributed by atoms with Crippen LogP contribution in [0.1, 0.15) is 11.1 Å². The minimum atomic E-state index is 0.469. The van der Waals surface area contributed by atoms with E-state index >= 15 is 0 Å². The van der Waals surface area contributed by atoms with Gasteiger partial charge in [-0.2, -0.15) is 0 Å². The molecule has 140 valence electrons. The van der Waals surface area contributed by atoms with Gasteiger partial charge < -0.3 is 14.8 Å². The molecule has 0 spiro atoms. The smallest absolute Gasteiger partial charge is 0.184 e. The normalized spacial score (nSPS) is 10.4. The minimum absolute atomic E-state index is 0.469. The second-order valence-electron chi connectivity index (χ2n) is 6.06. The molecule has 0 radical (unpaired) electrons. The van der Waals surface area contributed by atoms with Gasteiger partial charge in [-0.05, 0) is 23.3 Å².